The zero-order chi connectivity index (χ0) is 19.2. The number of carbonyl (C=O) groups excluding carboxylic acids is 2. The number of thiazole rings is 2. The second-order valence-corrected chi connectivity index (χ2v) is 7.61. The molecule has 27 heavy (non-hydrogen) atoms. The van der Waals surface area contributed by atoms with Gasteiger partial charge in [-0.15, -0.1) is 11.3 Å². The van der Waals surface area contributed by atoms with Crippen LogP contribution in [0.5, 0.6) is 0 Å². The summed E-state index contributed by atoms with van der Waals surface area (Å²) < 4.78 is 10.2. The van der Waals surface area contributed by atoms with Crippen molar-refractivity contribution in [2.45, 2.75) is 6.92 Å². The van der Waals surface area contributed by atoms with E-state index in [2.05, 4.69) is 20.6 Å². The van der Waals surface area contributed by atoms with Gasteiger partial charge in [-0.3, -0.25) is 10.1 Å². The van der Waals surface area contributed by atoms with Crippen molar-refractivity contribution in [1.82, 2.24) is 20.2 Å². The van der Waals surface area contributed by atoms with Gasteiger partial charge in [0.15, 0.2) is 10.1 Å². The number of carbonyl (C=O) groups is 2. The van der Waals surface area contributed by atoms with Crippen molar-refractivity contribution >= 4 is 39.7 Å². The van der Waals surface area contributed by atoms with Crippen molar-refractivity contribution < 1.29 is 19.1 Å². The number of morpholine rings is 1. The van der Waals surface area contributed by atoms with Crippen molar-refractivity contribution in [3.63, 3.8) is 0 Å². The van der Waals surface area contributed by atoms with Gasteiger partial charge in [-0.25, -0.2) is 14.8 Å². The fraction of sp³-hybridized carbons (Fsp3) is 0.500. The number of nitrogens with one attached hydrogen (secondary N) is 2. The van der Waals surface area contributed by atoms with E-state index in [9.17, 15) is 9.59 Å². The Morgan fingerprint density at radius 3 is 2.85 bits per heavy atom. The molecular formula is C16H21N5O4S2. The summed E-state index contributed by atoms with van der Waals surface area (Å²) in [6, 6.07) is -0.339. The van der Waals surface area contributed by atoms with Crippen LogP contribution in [0.25, 0.3) is 10.6 Å². The van der Waals surface area contributed by atoms with E-state index in [1.165, 1.54) is 22.7 Å². The smallest absolute Gasteiger partial charge is 0.321 e. The second-order valence-electron chi connectivity index (χ2n) is 5.75. The van der Waals surface area contributed by atoms with Gasteiger partial charge in [0, 0.05) is 32.1 Å². The summed E-state index contributed by atoms with van der Waals surface area (Å²) in [5, 5.41) is 8.15. The van der Waals surface area contributed by atoms with E-state index in [1.807, 2.05) is 12.3 Å². The van der Waals surface area contributed by atoms with Gasteiger partial charge in [-0.05, 0) is 6.92 Å². The molecule has 0 atom stereocenters. The average molecular weight is 412 g/mol. The zero-order valence-electron chi connectivity index (χ0n) is 15.1. The molecule has 0 aliphatic carbocycles. The van der Waals surface area contributed by atoms with Gasteiger partial charge in [0.05, 0.1) is 36.1 Å². The number of hydrogen-bond acceptors (Lipinski definition) is 8. The molecule has 0 bridgehead atoms. The van der Waals surface area contributed by atoms with Crippen molar-refractivity contribution in [1.29, 1.82) is 0 Å². The molecule has 0 aromatic carbocycles. The summed E-state index contributed by atoms with van der Waals surface area (Å²) in [6.07, 6.45) is 0. The van der Waals surface area contributed by atoms with E-state index < -0.39 is 0 Å². The van der Waals surface area contributed by atoms with Gasteiger partial charge in [0.2, 0.25) is 0 Å². The molecule has 0 unspecified atom stereocenters. The highest BCUT2D eigenvalue weighted by molar-refractivity contribution is 7.19. The molecule has 2 aromatic heterocycles. The predicted octanol–water partition coefficient (Wildman–Crippen LogP) is 1.82. The minimum atomic E-state index is -0.339. The number of rotatable bonds is 6. The number of nitrogens with zero attached hydrogens (tertiary/aromatic N) is 3. The lowest BCUT2D eigenvalue weighted by molar-refractivity contribution is 0.0302. The normalized spacial score (nSPS) is 14.2. The molecule has 0 radical (unpaired) electrons. The summed E-state index contributed by atoms with van der Waals surface area (Å²) in [6.45, 7) is 4.98. The highest BCUT2D eigenvalue weighted by atomic mass is 32.1. The topological polar surface area (TPSA) is 106 Å². The lowest BCUT2D eigenvalue weighted by Gasteiger charge is -2.25. The third-order valence-electron chi connectivity index (χ3n) is 3.83. The fourth-order valence-electron chi connectivity index (χ4n) is 2.47. The molecule has 11 heteroatoms. The van der Waals surface area contributed by atoms with E-state index in [-0.39, 0.29) is 11.9 Å². The summed E-state index contributed by atoms with van der Waals surface area (Å²) in [5.74, 6) is -0.0763. The van der Waals surface area contributed by atoms with Gasteiger partial charge >= 0.3 is 6.03 Å². The van der Waals surface area contributed by atoms with E-state index in [1.54, 1.807) is 12.0 Å². The molecule has 2 aromatic rings. The predicted molar refractivity (Wildman–Crippen MR) is 104 cm³/mol. The maximum atomic E-state index is 12.5. The molecule has 2 N–H and O–H groups in total. The zero-order valence-corrected chi connectivity index (χ0v) is 16.7. The van der Waals surface area contributed by atoms with Crippen LogP contribution in [0.4, 0.5) is 9.93 Å². The van der Waals surface area contributed by atoms with Crippen molar-refractivity contribution in [3.05, 3.63) is 16.1 Å². The van der Waals surface area contributed by atoms with Crippen molar-refractivity contribution in [2.75, 3.05) is 51.9 Å². The largest absolute Gasteiger partial charge is 0.383 e. The van der Waals surface area contributed by atoms with Crippen LogP contribution in [-0.4, -0.2) is 73.4 Å². The minimum Gasteiger partial charge on any atom is -0.383 e. The number of urea groups is 1. The lowest BCUT2D eigenvalue weighted by Crippen LogP contribution is -2.40. The Bertz CT molecular complexity index is 801. The monoisotopic (exact) mass is 411 g/mol. The number of anilines is 1. The summed E-state index contributed by atoms with van der Waals surface area (Å²) in [4.78, 5) is 35.8. The van der Waals surface area contributed by atoms with Gasteiger partial charge in [-0.2, -0.15) is 0 Å². The van der Waals surface area contributed by atoms with Crippen LogP contribution in [-0.2, 0) is 9.47 Å². The van der Waals surface area contributed by atoms with Crippen LogP contribution in [0.3, 0.4) is 0 Å². The number of aryl methyl sites for hydroxylation is 1. The molecule has 1 saturated heterocycles. The molecule has 0 saturated carbocycles. The Morgan fingerprint density at radius 2 is 2.11 bits per heavy atom. The molecule has 1 fully saturated rings. The van der Waals surface area contributed by atoms with Crippen LogP contribution >= 0.6 is 22.7 Å². The third-order valence-corrected chi connectivity index (χ3v) is 5.75. The third kappa shape index (κ3) is 5.01. The summed E-state index contributed by atoms with van der Waals surface area (Å²) in [5.41, 5.74) is 1.45. The first-order valence-corrected chi connectivity index (χ1v) is 10.1. The summed E-state index contributed by atoms with van der Waals surface area (Å²) in [7, 11) is 1.57. The standard InChI is InChI=1S/C16H21N5O4S2/c1-10-12(27-16(18-10)20-15(23)17-3-6-24-2)11-9-26-13(19-11)14(22)21-4-7-25-8-5-21/h9H,3-8H2,1-2H3,(H2,17,18,20,23). The molecule has 9 nitrogen and oxygen atoms in total. The van der Waals surface area contributed by atoms with Gasteiger partial charge < -0.3 is 19.7 Å². The number of ether oxygens (including phenoxy) is 2. The fourth-order valence-corrected chi connectivity index (χ4v) is 4.24. The highest BCUT2D eigenvalue weighted by Crippen LogP contribution is 2.33. The Labute approximate surface area is 164 Å². The maximum Gasteiger partial charge on any atom is 0.321 e. The van der Waals surface area contributed by atoms with Crippen LogP contribution in [0, 0.1) is 6.92 Å². The number of aromatic nitrogens is 2. The van der Waals surface area contributed by atoms with Crippen molar-refractivity contribution in [3.8, 4) is 10.6 Å². The van der Waals surface area contributed by atoms with Crippen LogP contribution in [0.1, 0.15) is 15.5 Å². The van der Waals surface area contributed by atoms with Crippen LogP contribution in [0.15, 0.2) is 5.38 Å². The summed E-state index contributed by atoms with van der Waals surface area (Å²) >= 11 is 2.64. The first kappa shape index (κ1) is 19.7. The van der Waals surface area contributed by atoms with Crippen LogP contribution in [0.2, 0.25) is 0 Å². The molecule has 3 heterocycles. The van der Waals surface area contributed by atoms with Gasteiger partial charge in [0.25, 0.3) is 5.91 Å². The Hall–Kier alpha value is -2.08. The minimum absolute atomic E-state index is 0.0763. The molecular weight excluding hydrogens is 390 g/mol. The number of amides is 3. The van der Waals surface area contributed by atoms with Crippen molar-refractivity contribution in [2.24, 2.45) is 0 Å². The molecule has 3 amide bonds. The number of methoxy groups -OCH3 is 1. The molecule has 0 spiro atoms. The molecule has 1 aliphatic rings. The average Bonchev–Trinajstić information content (AvgIpc) is 3.28. The first-order valence-electron chi connectivity index (χ1n) is 8.42. The Morgan fingerprint density at radius 1 is 1.33 bits per heavy atom. The van der Waals surface area contributed by atoms with E-state index in [0.717, 1.165) is 10.6 Å². The number of hydrogen-bond donors (Lipinski definition) is 2. The Balaban J connectivity index is 1.66. The first-order chi connectivity index (χ1) is 13.1. The van der Waals surface area contributed by atoms with E-state index in [0.29, 0.717) is 55.3 Å². The quantitative estimate of drug-likeness (QED) is 0.703. The SMILES string of the molecule is COCCNC(=O)Nc1nc(C)c(-c2csc(C(=O)N3CCOCC3)n2)s1. The lowest BCUT2D eigenvalue weighted by atomic mass is 10.3. The van der Waals surface area contributed by atoms with E-state index in [4.69, 9.17) is 9.47 Å². The highest BCUT2D eigenvalue weighted by Gasteiger charge is 2.22. The maximum absolute atomic E-state index is 12.5. The molecule has 146 valence electrons. The van der Waals surface area contributed by atoms with E-state index >= 15 is 0 Å². The Kier molecular flexibility index (Phi) is 6.72. The van der Waals surface area contributed by atoms with Gasteiger partial charge in [0.1, 0.15) is 0 Å². The molecule has 3 rings (SSSR count). The second kappa shape index (κ2) is 9.22. The van der Waals surface area contributed by atoms with Gasteiger partial charge in [-0.1, -0.05) is 11.3 Å². The molecule has 1 aliphatic heterocycles. The van der Waals surface area contributed by atoms with Crippen LogP contribution < -0.4 is 10.6 Å².